The Morgan fingerprint density at radius 1 is 1.35 bits per heavy atom. The zero-order valence-corrected chi connectivity index (χ0v) is 12.7. The molecule has 2 amide bonds. The molecular formula is C15H26N2O3. The van der Waals surface area contributed by atoms with E-state index in [4.69, 9.17) is 0 Å². The fourth-order valence-corrected chi connectivity index (χ4v) is 2.29. The van der Waals surface area contributed by atoms with Gasteiger partial charge in [-0.1, -0.05) is 25.5 Å². The number of carbonyl (C=O) groups is 2. The lowest BCUT2D eigenvalue weighted by Gasteiger charge is -2.20. The molecule has 1 rings (SSSR count). The number of hydrogen-bond donors (Lipinski definition) is 2. The molecule has 0 aliphatic heterocycles. The number of carbonyl (C=O) groups excluding carboxylic acids is 2. The summed E-state index contributed by atoms with van der Waals surface area (Å²) in [4.78, 5) is 23.3. The molecule has 5 nitrogen and oxygen atoms in total. The number of esters is 1. The Morgan fingerprint density at radius 2 is 2.10 bits per heavy atom. The summed E-state index contributed by atoms with van der Waals surface area (Å²) < 4.78 is 4.68. The highest BCUT2D eigenvalue weighted by atomic mass is 16.5. The van der Waals surface area contributed by atoms with Gasteiger partial charge in [-0.15, -0.1) is 0 Å². The van der Waals surface area contributed by atoms with Gasteiger partial charge in [0.15, 0.2) is 0 Å². The molecule has 0 radical (unpaired) electrons. The average molecular weight is 282 g/mol. The maximum absolute atomic E-state index is 11.8. The molecular weight excluding hydrogens is 256 g/mol. The number of ether oxygens (including phenoxy) is 1. The van der Waals surface area contributed by atoms with E-state index in [9.17, 15) is 9.59 Å². The number of rotatable bonds is 6. The first kappa shape index (κ1) is 16.5. The Kier molecular flexibility index (Phi) is 7.12. The van der Waals surface area contributed by atoms with Crippen LogP contribution in [0.2, 0.25) is 0 Å². The summed E-state index contributed by atoms with van der Waals surface area (Å²) in [5.41, 5.74) is 1.42. The third-order valence-electron chi connectivity index (χ3n) is 3.53. The van der Waals surface area contributed by atoms with Crippen molar-refractivity contribution in [2.45, 2.75) is 52.0 Å². The lowest BCUT2D eigenvalue weighted by Crippen LogP contribution is -2.49. The quantitative estimate of drug-likeness (QED) is 0.580. The van der Waals surface area contributed by atoms with Gasteiger partial charge in [0.05, 0.1) is 7.11 Å². The minimum atomic E-state index is -0.603. The van der Waals surface area contributed by atoms with Crippen LogP contribution in [0.3, 0.4) is 0 Å². The van der Waals surface area contributed by atoms with Gasteiger partial charge in [-0.2, -0.15) is 0 Å². The van der Waals surface area contributed by atoms with Crippen LogP contribution in [0.1, 0.15) is 46.0 Å². The van der Waals surface area contributed by atoms with Crippen LogP contribution >= 0.6 is 0 Å². The molecule has 0 fully saturated rings. The monoisotopic (exact) mass is 282 g/mol. The van der Waals surface area contributed by atoms with Crippen LogP contribution < -0.4 is 10.6 Å². The van der Waals surface area contributed by atoms with Crippen LogP contribution in [0.25, 0.3) is 0 Å². The van der Waals surface area contributed by atoms with Crippen molar-refractivity contribution in [2.75, 3.05) is 13.7 Å². The highest BCUT2D eigenvalue weighted by Crippen LogP contribution is 2.19. The van der Waals surface area contributed by atoms with Crippen LogP contribution in [0.4, 0.5) is 4.79 Å². The van der Waals surface area contributed by atoms with E-state index in [0.29, 0.717) is 6.54 Å². The van der Waals surface area contributed by atoms with Crippen molar-refractivity contribution >= 4 is 12.0 Å². The van der Waals surface area contributed by atoms with Gasteiger partial charge in [0, 0.05) is 6.54 Å². The first-order valence-electron chi connectivity index (χ1n) is 7.34. The third kappa shape index (κ3) is 5.63. The number of hydrogen-bond acceptors (Lipinski definition) is 3. The average Bonchev–Trinajstić information content (AvgIpc) is 2.45. The first-order chi connectivity index (χ1) is 9.54. The van der Waals surface area contributed by atoms with Crippen molar-refractivity contribution in [3.8, 4) is 0 Å². The minimum Gasteiger partial charge on any atom is -0.467 e. The van der Waals surface area contributed by atoms with Crippen molar-refractivity contribution in [3.63, 3.8) is 0 Å². The predicted octanol–water partition coefficient (Wildman–Crippen LogP) is 2.37. The number of allylic oxidation sites excluding steroid dienone is 1. The van der Waals surface area contributed by atoms with Crippen LogP contribution in [0.5, 0.6) is 0 Å². The highest BCUT2D eigenvalue weighted by Gasteiger charge is 2.24. The van der Waals surface area contributed by atoms with Gasteiger partial charge in [0.25, 0.3) is 0 Å². The zero-order chi connectivity index (χ0) is 15.0. The number of methoxy groups -OCH3 is 1. The summed E-state index contributed by atoms with van der Waals surface area (Å²) in [6.45, 7) is 4.34. The van der Waals surface area contributed by atoms with Gasteiger partial charge in [-0.3, -0.25) is 0 Å². The highest BCUT2D eigenvalue weighted by molar-refractivity contribution is 5.83. The second kappa shape index (κ2) is 8.61. The Bertz CT molecular complexity index is 364. The van der Waals surface area contributed by atoms with Crippen molar-refractivity contribution in [2.24, 2.45) is 5.92 Å². The molecule has 5 heteroatoms. The molecule has 0 aromatic heterocycles. The smallest absolute Gasteiger partial charge is 0.328 e. The van der Waals surface area contributed by atoms with E-state index in [-0.39, 0.29) is 11.9 Å². The van der Waals surface area contributed by atoms with Crippen molar-refractivity contribution in [3.05, 3.63) is 11.6 Å². The number of urea groups is 1. The molecule has 0 bridgehead atoms. The summed E-state index contributed by atoms with van der Waals surface area (Å²) in [7, 11) is 1.33. The normalized spacial score (nSPS) is 16.3. The Labute approximate surface area is 121 Å². The zero-order valence-electron chi connectivity index (χ0n) is 12.7. The fourth-order valence-electron chi connectivity index (χ4n) is 2.29. The SMILES string of the molecule is COC(=O)C(NC(=O)NCCC1=CCCCC1)C(C)C. The molecule has 0 saturated carbocycles. The standard InChI is InChI=1S/C15H26N2O3/c1-11(2)13(14(18)20-3)17-15(19)16-10-9-12-7-5-4-6-8-12/h7,11,13H,4-6,8-10H2,1-3H3,(H2,16,17,19). The van der Waals surface area contributed by atoms with E-state index in [0.717, 1.165) is 19.3 Å². The molecule has 1 atom stereocenters. The summed E-state index contributed by atoms with van der Waals surface area (Å²) >= 11 is 0. The van der Waals surface area contributed by atoms with Gasteiger partial charge in [-0.05, 0) is 38.0 Å². The number of amides is 2. The largest absolute Gasteiger partial charge is 0.467 e. The maximum Gasteiger partial charge on any atom is 0.328 e. The molecule has 1 aliphatic carbocycles. The topological polar surface area (TPSA) is 67.4 Å². The molecule has 1 unspecified atom stereocenters. The molecule has 0 saturated heterocycles. The predicted molar refractivity (Wildman–Crippen MR) is 78.3 cm³/mol. The van der Waals surface area contributed by atoms with E-state index in [1.165, 1.54) is 25.5 Å². The molecule has 2 N–H and O–H groups in total. The lowest BCUT2D eigenvalue weighted by atomic mass is 9.97. The molecule has 1 aliphatic rings. The van der Waals surface area contributed by atoms with Crippen molar-refractivity contribution in [1.29, 1.82) is 0 Å². The maximum atomic E-state index is 11.8. The van der Waals surface area contributed by atoms with Gasteiger partial charge in [0.1, 0.15) is 6.04 Å². The van der Waals surface area contributed by atoms with Gasteiger partial charge in [-0.25, -0.2) is 9.59 Å². The van der Waals surface area contributed by atoms with Crippen LogP contribution in [0, 0.1) is 5.92 Å². The lowest BCUT2D eigenvalue weighted by molar-refractivity contribution is -0.143. The van der Waals surface area contributed by atoms with E-state index in [1.54, 1.807) is 0 Å². The minimum absolute atomic E-state index is 0.00532. The molecule has 114 valence electrons. The number of nitrogens with one attached hydrogen (secondary N) is 2. The van der Waals surface area contributed by atoms with Crippen LogP contribution in [-0.4, -0.2) is 31.7 Å². The Hall–Kier alpha value is -1.52. The van der Waals surface area contributed by atoms with Crippen LogP contribution in [0.15, 0.2) is 11.6 Å². The summed E-state index contributed by atoms with van der Waals surface area (Å²) in [6, 6.07) is -0.917. The van der Waals surface area contributed by atoms with Gasteiger partial charge >= 0.3 is 12.0 Å². The third-order valence-corrected chi connectivity index (χ3v) is 3.53. The van der Waals surface area contributed by atoms with Gasteiger partial charge < -0.3 is 15.4 Å². The van der Waals surface area contributed by atoms with E-state index in [2.05, 4.69) is 21.4 Å². The van der Waals surface area contributed by atoms with E-state index in [1.807, 2.05) is 13.8 Å². The fraction of sp³-hybridized carbons (Fsp3) is 0.733. The van der Waals surface area contributed by atoms with Gasteiger partial charge in [0.2, 0.25) is 0 Å². The molecule has 0 heterocycles. The molecule has 20 heavy (non-hydrogen) atoms. The van der Waals surface area contributed by atoms with Crippen molar-refractivity contribution < 1.29 is 14.3 Å². The van der Waals surface area contributed by atoms with Crippen molar-refractivity contribution in [1.82, 2.24) is 10.6 Å². The second-order valence-corrected chi connectivity index (χ2v) is 5.50. The second-order valence-electron chi connectivity index (χ2n) is 5.50. The molecule has 0 aromatic carbocycles. The summed E-state index contributed by atoms with van der Waals surface area (Å²) in [5, 5.41) is 5.46. The molecule has 0 spiro atoms. The summed E-state index contributed by atoms with van der Waals surface area (Å²) in [6.07, 6.45) is 7.97. The van der Waals surface area contributed by atoms with Crippen LogP contribution in [-0.2, 0) is 9.53 Å². The first-order valence-corrected chi connectivity index (χ1v) is 7.34. The van der Waals surface area contributed by atoms with E-state index < -0.39 is 12.0 Å². The van der Waals surface area contributed by atoms with E-state index >= 15 is 0 Å². The Morgan fingerprint density at radius 3 is 2.65 bits per heavy atom. The summed E-state index contributed by atoms with van der Waals surface area (Å²) in [5.74, 6) is -0.417. The Balaban J connectivity index is 2.31. The molecule has 0 aromatic rings.